The second-order valence-electron chi connectivity index (χ2n) is 8.01. The fourth-order valence-electron chi connectivity index (χ4n) is 3.99. The van der Waals surface area contributed by atoms with Gasteiger partial charge in [0.05, 0.1) is 10.1 Å². The molecule has 6 nitrogen and oxygen atoms in total. The maximum absolute atomic E-state index is 5.91. The molecule has 0 amide bonds. The van der Waals surface area contributed by atoms with E-state index in [-0.39, 0.29) is 5.25 Å². The largest absolute Gasteiger partial charge is 0.419 e. The molecule has 0 N–H and O–H groups in total. The second-order valence-corrected chi connectivity index (χ2v) is 10.5. The van der Waals surface area contributed by atoms with Crippen molar-refractivity contribution in [3.05, 3.63) is 52.7 Å². The molecule has 2 unspecified atom stereocenters. The third-order valence-electron chi connectivity index (χ3n) is 5.91. The average molecular weight is 452 g/mol. The number of thiophene rings is 1. The fraction of sp³-hybridized carbons (Fsp3) is 0.391. The first-order valence-corrected chi connectivity index (χ1v) is 12.4. The number of thioether (sulfide) groups is 1. The molecular formula is C23H25N5OS2. The first-order chi connectivity index (χ1) is 15.1. The number of rotatable bonds is 6. The van der Waals surface area contributed by atoms with E-state index in [1.807, 2.05) is 48.7 Å². The Morgan fingerprint density at radius 1 is 1.19 bits per heavy atom. The van der Waals surface area contributed by atoms with Gasteiger partial charge in [0.25, 0.3) is 0 Å². The van der Waals surface area contributed by atoms with E-state index in [0.29, 0.717) is 11.8 Å². The number of hydrogen-bond acceptors (Lipinski definition) is 7. The molecule has 3 heterocycles. The normalized spacial score (nSPS) is 16.9. The van der Waals surface area contributed by atoms with Crippen molar-refractivity contribution in [1.82, 2.24) is 25.0 Å². The van der Waals surface area contributed by atoms with E-state index in [0.717, 1.165) is 22.5 Å². The summed E-state index contributed by atoms with van der Waals surface area (Å²) in [5.74, 6) is 2.87. The molecule has 5 rings (SSSR count). The van der Waals surface area contributed by atoms with Crippen LogP contribution in [0.2, 0.25) is 0 Å². The summed E-state index contributed by atoms with van der Waals surface area (Å²) in [6.45, 7) is 4.35. The van der Waals surface area contributed by atoms with E-state index >= 15 is 0 Å². The van der Waals surface area contributed by atoms with Crippen molar-refractivity contribution in [3.8, 4) is 22.2 Å². The lowest BCUT2D eigenvalue weighted by Gasteiger charge is -2.19. The number of hydrogen-bond donors (Lipinski definition) is 0. The summed E-state index contributed by atoms with van der Waals surface area (Å²) >= 11 is 3.46. The molecule has 160 valence electrons. The molecule has 0 radical (unpaired) electrons. The minimum Gasteiger partial charge on any atom is -0.419 e. The standard InChI is InChI=1S/C23H25N5OS2/c1-4-15-10-11-18-17(12-15)13-19(31-18)20-24-27-23(28(20)3)30-14(2)21-25-26-22(29-21)16-8-6-5-7-9-16/h5-9,13-15H,4,10-12H2,1-3H3. The molecule has 0 bridgehead atoms. The summed E-state index contributed by atoms with van der Waals surface area (Å²) < 4.78 is 7.99. The quantitative estimate of drug-likeness (QED) is 0.337. The molecule has 1 aliphatic carbocycles. The Balaban J connectivity index is 1.33. The van der Waals surface area contributed by atoms with Gasteiger partial charge in [0.1, 0.15) is 0 Å². The van der Waals surface area contributed by atoms with Gasteiger partial charge in [-0.05, 0) is 55.9 Å². The topological polar surface area (TPSA) is 69.6 Å². The van der Waals surface area contributed by atoms with E-state index in [1.165, 1.54) is 41.0 Å². The third kappa shape index (κ3) is 4.06. The first-order valence-electron chi connectivity index (χ1n) is 10.7. The Morgan fingerprint density at radius 3 is 2.84 bits per heavy atom. The van der Waals surface area contributed by atoms with E-state index in [1.54, 1.807) is 11.8 Å². The zero-order chi connectivity index (χ0) is 21.4. The van der Waals surface area contributed by atoms with Gasteiger partial charge < -0.3 is 8.98 Å². The third-order valence-corrected chi connectivity index (χ3v) is 8.26. The van der Waals surface area contributed by atoms with Gasteiger partial charge in [0.15, 0.2) is 11.0 Å². The lowest BCUT2D eigenvalue weighted by atomic mass is 9.87. The van der Waals surface area contributed by atoms with Crippen LogP contribution in [0.4, 0.5) is 0 Å². The first kappa shape index (κ1) is 20.5. The van der Waals surface area contributed by atoms with Gasteiger partial charge in [-0.15, -0.1) is 31.7 Å². The minimum atomic E-state index is -0.0254. The Kier molecular flexibility index (Phi) is 5.67. The Morgan fingerprint density at radius 2 is 2.03 bits per heavy atom. The number of nitrogens with zero attached hydrogens (tertiary/aromatic N) is 5. The molecule has 0 saturated carbocycles. The van der Waals surface area contributed by atoms with Crippen LogP contribution in [-0.2, 0) is 19.9 Å². The van der Waals surface area contributed by atoms with Gasteiger partial charge in [-0.3, -0.25) is 0 Å². The van der Waals surface area contributed by atoms with Crippen LogP contribution in [0.25, 0.3) is 22.2 Å². The minimum absolute atomic E-state index is 0.0254. The monoisotopic (exact) mass is 451 g/mol. The Labute approximate surface area is 190 Å². The summed E-state index contributed by atoms with van der Waals surface area (Å²) in [6, 6.07) is 12.2. The van der Waals surface area contributed by atoms with Crippen LogP contribution in [0.3, 0.4) is 0 Å². The smallest absolute Gasteiger partial charge is 0.247 e. The maximum Gasteiger partial charge on any atom is 0.247 e. The van der Waals surface area contributed by atoms with Crippen molar-refractivity contribution in [2.45, 2.75) is 49.9 Å². The molecule has 2 atom stereocenters. The summed E-state index contributed by atoms with van der Waals surface area (Å²) in [7, 11) is 2.03. The van der Waals surface area contributed by atoms with Crippen molar-refractivity contribution in [1.29, 1.82) is 0 Å². The van der Waals surface area contributed by atoms with Gasteiger partial charge in [0.2, 0.25) is 11.8 Å². The van der Waals surface area contributed by atoms with Crippen molar-refractivity contribution in [2.24, 2.45) is 13.0 Å². The Bertz CT molecular complexity index is 1180. The molecule has 1 aliphatic rings. The van der Waals surface area contributed by atoms with Crippen LogP contribution < -0.4 is 0 Å². The Hall–Kier alpha value is -2.45. The van der Waals surface area contributed by atoms with Gasteiger partial charge in [-0.2, -0.15) is 0 Å². The maximum atomic E-state index is 5.91. The van der Waals surface area contributed by atoms with Crippen molar-refractivity contribution in [3.63, 3.8) is 0 Å². The number of aromatic nitrogens is 5. The summed E-state index contributed by atoms with van der Waals surface area (Å²) in [5, 5.41) is 18.2. The fourth-order valence-corrected chi connectivity index (χ4v) is 6.07. The predicted molar refractivity (Wildman–Crippen MR) is 124 cm³/mol. The van der Waals surface area contributed by atoms with Gasteiger partial charge in [-0.1, -0.05) is 43.3 Å². The van der Waals surface area contributed by atoms with Crippen LogP contribution in [0.5, 0.6) is 0 Å². The van der Waals surface area contributed by atoms with E-state index in [4.69, 9.17) is 4.42 Å². The van der Waals surface area contributed by atoms with E-state index in [2.05, 4.69) is 44.9 Å². The molecule has 31 heavy (non-hydrogen) atoms. The molecule has 0 spiro atoms. The van der Waals surface area contributed by atoms with Gasteiger partial charge in [-0.25, -0.2) is 0 Å². The summed E-state index contributed by atoms with van der Waals surface area (Å²) in [6.07, 6.45) is 4.95. The highest BCUT2D eigenvalue weighted by atomic mass is 32.2. The predicted octanol–water partition coefficient (Wildman–Crippen LogP) is 5.96. The van der Waals surface area contributed by atoms with Gasteiger partial charge >= 0.3 is 0 Å². The van der Waals surface area contributed by atoms with Gasteiger partial charge in [0, 0.05) is 17.5 Å². The van der Waals surface area contributed by atoms with Crippen molar-refractivity contribution in [2.75, 3.05) is 0 Å². The van der Waals surface area contributed by atoms with Crippen LogP contribution in [-0.4, -0.2) is 25.0 Å². The summed E-state index contributed by atoms with van der Waals surface area (Å²) in [4.78, 5) is 2.73. The molecular weight excluding hydrogens is 426 g/mol. The lowest BCUT2D eigenvalue weighted by molar-refractivity contribution is 0.449. The van der Waals surface area contributed by atoms with Crippen molar-refractivity contribution < 1.29 is 4.42 Å². The molecule has 0 fully saturated rings. The van der Waals surface area contributed by atoms with Crippen LogP contribution in [0.1, 0.15) is 48.3 Å². The molecule has 8 heteroatoms. The molecule has 0 saturated heterocycles. The SMILES string of the molecule is CCC1CCc2sc(-c3nnc(SC(C)c4nnc(-c5ccccc5)o4)n3C)cc2C1. The average Bonchev–Trinajstić information content (AvgIpc) is 3.52. The number of aryl methyl sites for hydroxylation is 1. The van der Waals surface area contributed by atoms with Crippen LogP contribution >= 0.6 is 23.1 Å². The highest BCUT2D eigenvalue weighted by Crippen LogP contribution is 2.39. The summed E-state index contributed by atoms with van der Waals surface area (Å²) in [5.41, 5.74) is 2.43. The van der Waals surface area contributed by atoms with Crippen LogP contribution in [0.15, 0.2) is 46.0 Å². The van der Waals surface area contributed by atoms with E-state index < -0.39 is 0 Å². The molecule has 4 aromatic rings. The van der Waals surface area contributed by atoms with E-state index in [9.17, 15) is 0 Å². The lowest BCUT2D eigenvalue weighted by Crippen LogP contribution is -2.10. The highest BCUT2D eigenvalue weighted by molar-refractivity contribution is 7.99. The zero-order valence-corrected chi connectivity index (χ0v) is 19.5. The van der Waals surface area contributed by atoms with Crippen molar-refractivity contribution >= 4 is 23.1 Å². The van der Waals surface area contributed by atoms with Crippen LogP contribution in [0, 0.1) is 5.92 Å². The number of benzene rings is 1. The molecule has 0 aliphatic heterocycles. The highest BCUT2D eigenvalue weighted by Gasteiger charge is 2.24. The molecule has 1 aromatic carbocycles. The number of fused-ring (bicyclic) bond motifs is 1. The second kappa shape index (κ2) is 8.59. The molecule has 3 aromatic heterocycles. The zero-order valence-electron chi connectivity index (χ0n) is 17.9.